The summed E-state index contributed by atoms with van der Waals surface area (Å²) in [6, 6.07) is 12.9. The molecule has 1 amide bonds. The van der Waals surface area contributed by atoms with Crippen LogP contribution in [-0.2, 0) is 10.5 Å². The van der Waals surface area contributed by atoms with Crippen molar-refractivity contribution in [1.82, 2.24) is 9.97 Å². The SMILES string of the molecule is COc1ccc(C2CC(=O)Nc3nc(SCc4ccccc4Cl)[nH]c(=O)c32)cc1OC. The fourth-order valence-corrected chi connectivity index (χ4v) is 4.68. The number of amides is 1. The largest absolute Gasteiger partial charge is 0.493 e. The number of benzene rings is 2. The molecule has 2 N–H and O–H groups in total. The smallest absolute Gasteiger partial charge is 0.257 e. The van der Waals surface area contributed by atoms with Crippen molar-refractivity contribution >= 4 is 35.1 Å². The first-order chi connectivity index (χ1) is 15.0. The van der Waals surface area contributed by atoms with Crippen LogP contribution < -0.4 is 20.3 Å². The predicted molar refractivity (Wildman–Crippen MR) is 121 cm³/mol. The molecule has 9 heteroatoms. The summed E-state index contributed by atoms with van der Waals surface area (Å²) in [6.45, 7) is 0. The Labute approximate surface area is 188 Å². The number of anilines is 1. The van der Waals surface area contributed by atoms with E-state index in [1.807, 2.05) is 30.3 Å². The third kappa shape index (κ3) is 4.40. The van der Waals surface area contributed by atoms with E-state index >= 15 is 0 Å². The third-order valence-corrected chi connectivity index (χ3v) is 6.35. The van der Waals surface area contributed by atoms with E-state index in [-0.39, 0.29) is 23.7 Å². The number of methoxy groups -OCH3 is 2. The van der Waals surface area contributed by atoms with E-state index in [0.29, 0.717) is 33.0 Å². The van der Waals surface area contributed by atoms with E-state index in [1.54, 1.807) is 26.4 Å². The first-order valence-corrected chi connectivity index (χ1v) is 10.9. The van der Waals surface area contributed by atoms with Gasteiger partial charge in [-0.15, -0.1) is 0 Å². The van der Waals surface area contributed by atoms with Crippen molar-refractivity contribution in [2.24, 2.45) is 0 Å². The number of fused-ring (bicyclic) bond motifs is 1. The Balaban J connectivity index is 1.67. The normalized spacial score (nSPS) is 15.2. The van der Waals surface area contributed by atoms with Gasteiger partial charge in [0.05, 0.1) is 19.8 Å². The van der Waals surface area contributed by atoms with Gasteiger partial charge in [-0.25, -0.2) is 4.98 Å². The van der Waals surface area contributed by atoms with Gasteiger partial charge < -0.3 is 19.8 Å². The Morgan fingerprint density at radius 2 is 1.90 bits per heavy atom. The number of aromatic amines is 1. The molecule has 0 fully saturated rings. The minimum atomic E-state index is -0.442. The second kappa shape index (κ2) is 9.03. The fourth-order valence-electron chi connectivity index (χ4n) is 3.53. The summed E-state index contributed by atoms with van der Waals surface area (Å²) in [5.74, 6) is 1.28. The molecule has 0 saturated heterocycles. The van der Waals surface area contributed by atoms with Crippen LogP contribution in [0.15, 0.2) is 52.4 Å². The Hall–Kier alpha value is -2.97. The number of hydrogen-bond acceptors (Lipinski definition) is 6. The predicted octanol–water partition coefficient (Wildman–Crippen LogP) is 4.21. The minimum absolute atomic E-state index is 0.138. The molecule has 0 saturated carbocycles. The monoisotopic (exact) mass is 457 g/mol. The van der Waals surface area contributed by atoms with Crippen LogP contribution in [0.1, 0.15) is 29.0 Å². The summed E-state index contributed by atoms with van der Waals surface area (Å²) in [5, 5.41) is 3.80. The summed E-state index contributed by atoms with van der Waals surface area (Å²) in [5.41, 5.74) is 1.85. The number of aromatic nitrogens is 2. The third-order valence-electron chi connectivity index (χ3n) is 5.06. The molecule has 2 heterocycles. The molecule has 0 spiro atoms. The number of H-pyrrole nitrogens is 1. The average Bonchev–Trinajstić information content (AvgIpc) is 2.77. The maximum atomic E-state index is 13.0. The van der Waals surface area contributed by atoms with Crippen LogP contribution in [0.5, 0.6) is 11.5 Å². The van der Waals surface area contributed by atoms with Crippen molar-refractivity contribution < 1.29 is 14.3 Å². The van der Waals surface area contributed by atoms with Gasteiger partial charge in [-0.05, 0) is 29.3 Å². The lowest BCUT2D eigenvalue weighted by atomic mass is 9.86. The van der Waals surface area contributed by atoms with E-state index in [1.165, 1.54) is 11.8 Å². The molecule has 1 atom stereocenters. The van der Waals surface area contributed by atoms with Crippen LogP contribution in [0.25, 0.3) is 0 Å². The van der Waals surface area contributed by atoms with Crippen molar-refractivity contribution in [2.45, 2.75) is 23.2 Å². The molecule has 1 aliphatic rings. The summed E-state index contributed by atoms with van der Waals surface area (Å²) >= 11 is 7.55. The number of carbonyl (C=O) groups excluding carboxylic acids is 1. The van der Waals surface area contributed by atoms with Crippen molar-refractivity contribution in [1.29, 1.82) is 0 Å². The summed E-state index contributed by atoms with van der Waals surface area (Å²) < 4.78 is 10.7. The maximum Gasteiger partial charge on any atom is 0.257 e. The van der Waals surface area contributed by atoms with Gasteiger partial charge in [-0.2, -0.15) is 0 Å². The van der Waals surface area contributed by atoms with E-state index < -0.39 is 5.92 Å². The zero-order valence-electron chi connectivity index (χ0n) is 16.9. The first-order valence-electron chi connectivity index (χ1n) is 9.52. The number of hydrogen-bond donors (Lipinski definition) is 2. The Kier molecular flexibility index (Phi) is 6.20. The molecule has 160 valence electrons. The highest BCUT2D eigenvalue weighted by atomic mass is 35.5. The van der Waals surface area contributed by atoms with Crippen LogP contribution in [0.3, 0.4) is 0 Å². The summed E-state index contributed by atoms with van der Waals surface area (Å²) in [4.78, 5) is 32.7. The van der Waals surface area contributed by atoms with Gasteiger partial charge in [-0.3, -0.25) is 9.59 Å². The molecule has 0 radical (unpaired) electrons. The molecule has 0 aliphatic carbocycles. The number of nitrogens with one attached hydrogen (secondary N) is 2. The molecule has 1 unspecified atom stereocenters. The first kappa shape index (κ1) is 21.3. The molecule has 1 aliphatic heterocycles. The number of halogens is 1. The van der Waals surface area contributed by atoms with Gasteiger partial charge in [-0.1, -0.05) is 47.6 Å². The Morgan fingerprint density at radius 1 is 1.13 bits per heavy atom. The lowest BCUT2D eigenvalue weighted by Crippen LogP contribution is -2.31. The molecule has 4 rings (SSSR count). The van der Waals surface area contributed by atoms with Crippen LogP contribution in [0, 0.1) is 0 Å². The quantitative estimate of drug-likeness (QED) is 0.425. The number of carbonyl (C=O) groups is 1. The van der Waals surface area contributed by atoms with Crippen molar-refractivity contribution in [3.63, 3.8) is 0 Å². The van der Waals surface area contributed by atoms with Gasteiger partial charge in [0.15, 0.2) is 16.7 Å². The number of thioether (sulfide) groups is 1. The molecule has 7 nitrogen and oxygen atoms in total. The molecular weight excluding hydrogens is 438 g/mol. The highest BCUT2D eigenvalue weighted by Gasteiger charge is 2.31. The van der Waals surface area contributed by atoms with Crippen LogP contribution in [0.4, 0.5) is 5.82 Å². The maximum absolute atomic E-state index is 13.0. The fraction of sp³-hybridized carbons (Fsp3) is 0.227. The molecule has 0 bridgehead atoms. The topological polar surface area (TPSA) is 93.3 Å². The van der Waals surface area contributed by atoms with Crippen molar-refractivity contribution in [2.75, 3.05) is 19.5 Å². The second-order valence-corrected chi connectivity index (χ2v) is 8.30. The molecule has 2 aromatic carbocycles. The molecule has 31 heavy (non-hydrogen) atoms. The number of rotatable bonds is 6. The van der Waals surface area contributed by atoms with Crippen molar-refractivity contribution in [3.8, 4) is 11.5 Å². The zero-order valence-corrected chi connectivity index (χ0v) is 18.5. The van der Waals surface area contributed by atoms with Crippen LogP contribution in [-0.4, -0.2) is 30.1 Å². The Morgan fingerprint density at radius 3 is 2.65 bits per heavy atom. The lowest BCUT2D eigenvalue weighted by Gasteiger charge is -2.25. The standard InChI is InChI=1S/C22H20ClN3O4S/c1-29-16-8-7-12(9-17(16)30-2)14-10-18(27)24-20-19(14)21(28)26-22(25-20)31-11-13-5-3-4-6-15(13)23/h3-9,14H,10-11H2,1-2H3,(H2,24,25,26,27,28). The highest BCUT2D eigenvalue weighted by molar-refractivity contribution is 7.98. The zero-order chi connectivity index (χ0) is 22.0. The molecule has 3 aromatic rings. The van der Waals surface area contributed by atoms with Gasteiger partial charge in [0, 0.05) is 23.1 Å². The van der Waals surface area contributed by atoms with Gasteiger partial charge in [0.25, 0.3) is 5.56 Å². The van der Waals surface area contributed by atoms with E-state index in [0.717, 1.165) is 11.1 Å². The minimum Gasteiger partial charge on any atom is -0.493 e. The highest BCUT2D eigenvalue weighted by Crippen LogP contribution is 2.38. The van der Waals surface area contributed by atoms with E-state index in [9.17, 15) is 9.59 Å². The van der Waals surface area contributed by atoms with Crippen LogP contribution >= 0.6 is 23.4 Å². The number of ether oxygens (including phenoxy) is 2. The van der Waals surface area contributed by atoms with Crippen LogP contribution in [0.2, 0.25) is 5.02 Å². The average molecular weight is 458 g/mol. The van der Waals surface area contributed by atoms with E-state index in [2.05, 4.69) is 15.3 Å². The van der Waals surface area contributed by atoms with E-state index in [4.69, 9.17) is 21.1 Å². The second-order valence-electron chi connectivity index (χ2n) is 6.93. The van der Waals surface area contributed by atoms with Crippen molar-refractivity contribution in [3.05, 3.63) is 74.5 Å². The Bertz CT molecular complexity index is 1200. The lowest BCUT2D eigenvalue weighted by molar-refractivity contribution is -0.116. The molecular formula is C22H20ClN3O4S. The summed E-state index contributed by atoms with van der Waals surface area (Å²) in [7, 11) is 3.09. The van der Waals surface area contributed by atoms with Gasteiger partial charge in [0.1, 0.15) is 5.82 Å². The summed E-state index contributed by atoms with van der Waals surface area (Å²) in [6.07, 6.45) is 0.138. The number of nitrogens with zero attached hydrogens (tertiary/aromatic N) is 1. The van der Waals surface area contributed by atoms with Gasteiger partial charge in [0.2, 0.25) is 5.91 Å². The van der Waals surface area contributed by atoms with Gasteiger partial charge >= 0.3 is 0 Å². The molecule has 1 aromatic heterocycles.